The summed E-state index contributed by atoms with van der Waals surface area (Å²) in [7, 11) is 0. The van der Waals surface area contributed by atoms with Gasteiger partial charge < -0.3 is 20.3 Å². The van der Waals surface area contributed by atoms with E-state index in [-0.39, 0.29) is 6.04 Å². The minimum absolute atomic E-state index is 0.141. The van der Waals surface area contributed by atoms with E-state index in [0.717, 1.165) is 6.42 Å². The molecule has 3 N–H and O–H groups in total. The molecule has 5 atom stereocenters. The monoisotopic (exact) mass is 415 g/mol. The molecule has 0 bridgehead atoms. The van der Waals surface area contributed by atoms with Gasteiger partial charge >= 0.3 is 0 Å². The molecule has 0 amide bonds. The molecule has 0 spiro atoms. The van der Waals surface area contributed by atoms with Crippen molar-refractivity contribution < 1.29 is 14.9 Å². The Kier molecular flexibility index (Phi) is 6.00. The zero-order valence-corrected chi connectivity index (χ0v) is 17.2. The Balaban J connectivity index is 1.55. The molecular weight excluding hydrogens is 390 g/mol. The number of hydrogen-bond donors (Lipinski definition) is 3. The zero-order chi connectivity index (χ0) is 20.4. The molecule has 29 heavy (non-hydrogen) atoms. The van der Waals surface area contributed by atoms with Crippen molar-refractivity contribution in [3.8, 4) is 0 Å². The van der Waals surface area contributed by atoms with E-state index in [1.165, 1.54) is 11.9 Å². The predicted octanol–water partition coefficient (Wildman–Crippen LogP) is 1.85. The molecule has 154 valence electrons. The normalized spacial score (nSPS) is 25.4. The summed E-state index contributed by atoms with van der Waals surface area (Å²) in [6.07, 6.45) is 2.65. The lowest BCUT2D eigenvalue weighted by atomic mass is 10.1. The standard InChI is InChI=1S/C20H25N5O3S/c1-12(8-13-6-4-3-5-7-13)24-18-15-19(22-10-21-18)25(11-23-15)20-17(27)16(26)14(28-20)9-29-2/h3-7,10-12,14,16-17,20,26-27H,8-9H2,1-2H3,(H,21,22,24)/t12-,14-,16-,17-,20?/m1/s1. The third-order valence-electron chi connectivity index (χ3n) is 5.07. The molecule has 1 aromatic carbocycles. The van der Waals surface area contributed by atoms with Crippen LogP contribution in [0.3, 0.4) is 0 Å². The summed E-state index contributed by atoms with van der Waals surface area (Å²) >= 11 is 1.56. The summed E-state index contributed by atoms with van der Waals surface area (Å²) in [6.45, 7) is 2.09. The first-order chi connectivity index (χ1) is 14.1. The van der Waals surface area contributed by atoms with Crippen LogP contribution in [0.4, 0.5) is 5.82 Å². The number of imidazole rings is 1. The number of hydrogen-bond acceptors (Lipinski definition) is 8. The molecule has 1 saturated heterocycles. The van der Waals surface area contributed by atoms with Crippen molar-refractivity contribution in [2.45, 2.75) is 43.9 Å². The summed E-state index contributed by atoms with van der Waals surface area (Å²) in [6, 6.07) is 10.4. The number of fused-ring (bicyclic) bond motifs is 1. The third-order valence-corrected chi connectivity index (χ3v) is 5.73. The highest BCUT2D eigenvalue weighted by Gasteiger charge is 2.44. The van der Waals surface area contributed by atoms with Crippen LogP contribution in [-0.4, -0.2) is 66.1 Å². The SMILES string of the molecule is CSC[C@H]1OC(n2cnc3c(N[C@H](C)Cc4ccccc4)ncnc32)[C@H](O)[C@@H]1O. The van der Waals surface area contributed by atoms with Crippen LogP contribution in [0.25, 0.3) is 11.2 Å². The van der Waals surface area contributed by atoms with Gasteiger partial charge in [0.25, 0.3) is 0 Å². The Morgan fingerprint density at radius 1 is 1.17 bits per heavy atom. The van der Waals surface area contributed by atoms with Gasteiger partial charge in [-0.3, -0.25) is 4.57 Å². The van der Waals surface area contributed by atoms with Crippen molar-refractivity contribution in [1.82, 2.24) is 19.5 Å². The Hall–Kier alpha value is -2.20. The summed E-state index contributed by atoms with van der Waals surface area (Å²) < 4.78 is 7.57. The minimum atomic E-state index is -1.05. The molecule has 8 nitrogen and oxygen atoms in total. The summed E-state index contributed by atoms with van der Waals surface area (Å²) in [5.41, 5.74) is 2.39. The first-order valence-electron chi connectivity index (χ1n) is 9.57. The number of anilines is 1. The van der Waals surface area contributed by atoms with Crippen LogP contribution >= 0.6 is 11.8 Å². The molecule has 1 fully saturated rings. The van der Waals surface area contributed by atoms with Crippen molar-refractivity contribution in [2.24, 2.45) is 0 Å². The van der Waals surface area contributed by atoms with E-state index < -0.39 is 24.5 Å². The van der Waals surface area contributed by atoms with Crippen LogP contribution < -0.4 is 5.32 Å². The molecule has 3 aromatic rings. The number of benzene rings is 1. The highest BCUT2D eigenvalue weighted by molar-refractivity contribution is 7.98. The van der Waals surface area contributed by atoms with Crippen LogP contribution in [0.2, 0.25) is 0 Å². The van der Waals surface area contributed by atoms with Crippen LogP contribution in [0.15, 0.2) is 43.0 Å². The molecule has 2 aromatic heterocycles. The molecule has 0 radical (unpaired) electrons. The van der Waals surface area contributed by atoms with Gasteiger partial charge in [-0.2, -0.15) is 11.8 Å². The fraction of sp³-hybridized carbons (Fsp3) is 0.450. The highest BCUT2D eigenvalue weighted by atomic mass is 32.2. The van der Waals surface area contributed by atoms with Crippen LogP contribution in [0.5, 0.6) is 0 Å². The summed E-state index contributed by atoms with van der Waals surface area (Å²) in [5, 5.41) is 24.2. The molecule has 1 unspecified atom stereocenters. The van der Waals surface area contributed by atoms with E-state index in [0.29, 0.717) is 22.7 Å². The van der Waals surface area contributed by atoms with E-state index in [1.807, 2.05) is 24.5 Å². The Bertz CT molecular complexity index is 954. The fourth-order valence-electron chi connectivity index (χ4n) is 3.66. The van der Waals surface area contributed by atoms with Gasteiger partial charge in [0.2, 0.25) is 0 Å². The van der Waals surface area contributed by atoms with Gasteiger partial charge in [0, 0.05) is 11.8 Å². The number of thioether (sulfide) groups is 1. The quantitative estimate of drug-likeness (QED) is 0.537. The van der Waals surface area contributed by atoms with Crippen LogP contribution in [0.1, 0.15) is 18.7 Å². The van der Waals surface area contributed by atoms with E-state index in [4.69, 9.17) is 4.74 Å². The zero-order valence-electron chi connectivity index (χ0n) is 16.3. The lowest BCUT2D eigenvalue weighted by Gasteiger charge is -2.17. The van der Waals surface area contributed by atoms with E-state index >= 15 is 0 Å². The Morgan fingerprint density at radius 2 is 1.97 bits per heavy atom. The first-order valence-corrected chi connectivity index (χ1v) is 11.0. The lowest BCUT2D eigenvalue weighted by molar-refractivity contribution is -0.0288. The van der Waals surface area contributed by atoms with Gasteiger partial charge in [-0.05, 0) is 25.2 Å². The maximum absolute atomic E-state index is 10.5. The molecule has 4 rings (SSSR count). The van der Waals surface area contributed by atoms with Gasteiger partial charge in [0.1, 0.15) is 18.5 Å². The van der Waals surface area contributed by atoms with E-state index in [9.17, 15) is 10.2 Å². The molecule has 1 aliphatic heterocycles. The molecular formula is C20H25N5O3S. The average Bonchev–Trinajstić information content (AvgIpc) is 3.26. The maximum Gasteiger partial charge on any atom is 0.167 e. The Labute approximate surface area is 173 Å². The second-order valence-electron chi connectivity index (χ2n) is 7.28. The van der Waals surface area contributed by atoms with E-state index in [1.54, 1.807) is 22.7 Å². The number of aliphatic hydroxyl groups is 2. The molecule has 0 saturated carbocycles. The second-order valence-corrected chi connectivity index (χ2v) is 8.19. The number of nitrogens with one attached hydrogen (secondary N) is 1. The number of aliphatic hydroxyl groups excluding tert-OH is 2. The minimum Gasteiger partial charge on any atom is -0.387 e. The van der Waals surface area contributed by atoms with Gasteiger partial charge in [0.05, 0.1) is 12.4 Å². The highest BCUT2D eigenvalue weighted by Crippen LogP contribution is 2.33. The van der Waals surface area contributed by atoms with Gasteiger partial charge in [0.15, 0.2) is 23.2 Å². The second kappa shape index (κ2) is 8.66. The van der Waals surface area contributed by atoms with Crippen molar-refractivity contribution in [2.75, 3.05) is 17.3 Å². The molecule has 9 heteroatoms. The summed E-state index contributed by atoms with van der Waals surface area (Å²) in [4.78, 5) is 13.1. The molecule has 0 aliphatic carbocycles. The average molecular weight is 416 g/mol. The maximum atomic E-state index is 10.5. The van der Waals surface area contributed by atoms with Crippen LogP contribution in [0, 0.1) is 0 Å². The van der Waals surface area contributed by atoms with Gasteiger partial charge in [-0.15, -0.1) is 0 Å². The number of aromatic nitrogens is 4. The van der Waals surface area contributed by atoms with Gasteiger partial charge in [-0.25, -0.2) is 15.0 Å². The predicted molar refractivity (Wildman–Crippen MR) is 113 cm³/mol. The topological polar surface area (TPSA) is 105 Å². The summed E-state index contributed by atoms with van der Waals surface area (Å²) in [5.74, 6) is 1.23. The number of nitrogens with zero attached hydrogens (tertiary/aromatic N) is 4. The fourth-order valence-corrected chi connectivity index (χ4v) is 4.26. The number of rotatable bonds is 7. The van der Waals surface area contributed by atoms with Crippen LogP contribution in [-0.2, 0) is 11.2 Å². The molecule has 1 aliphatic rings. The van der Waals surface area contributed by atoms with Crippen molar-refractivity contribution in [1.29, 1.82) is 0 Å². The first kappa shape index (κ1) is 20.1. The number of ether oxygens (including phenoxy) is 1. The van der Waals surface area contributed by atoms with Crippen molar-refractivity contribution in [3.05, 3.63) is 48.5 Å². The Morgan fingerprint density at radius 3 is 2.72 bits per heavy atom. The largest absolute Gasteiger partial charge is 0.387 e. The van der Waals surface area contributed by atoms with Gasteiger partial charge in [-0.1, -0.05) is 30.3 Å². The lowest BCUT2D eigenvalue weighted by Crippen LogP contribution is -2.32. The smallest absolute Gasteiger partial charge is 0.167 e. The van der Waals surface area contributed by atoms with Crippen molar-refractivity contribution in [3.63, 3.8) is 0 Å². The van der Waals surface area contributed by atoms with E-state index in [2.05, 4.69) is 39.3 Å². The van der Waals surface area contributed by atoms with Crippen molar-refractivity contribution >= 4 is 28.7 Å². The third kappa shape index (κ3) is 4.09. The molecule has 3 heterocycles.